The molecule has 0 aliphatic carbocycles. The fourth-order valence-corrected chi connectivity index (χ4v) is 1.61. The summed E-state index contributed by atoms with van der Waals surface area (Å²) in [5.74, 6) is 0. The molecule has 0 aliphatic heterocycles. The van der Waals surface area contributed by atoms with Crippen LogP contribution in [0.3, 0.4) is 0 Å². The van der Waals surface area contributed by atoms with Crippen LogP contribution in [-0.4, -0.2) is 9.55 Å². The van der Waals surface area contributed by atoms with Crippen LogP contribution >= 0.6 is 11.6 Å². The zero-order valence-corrected chi connectivity index (χ0v) is 7.54. The molecule has 0 aromatic carbocycles. The Labute approximate surface area is 75.8 Å². The Bertz CT molecular complexity index is 406. The van der Waals surface area contributed by atoms with Crippen LogP contribution in [0.2, 0.25) is 5.02 Å². The number of hydrogen-bond acceptors (Lipinski definition) is 1. The van der Waals surface area contributed by atoms with Gasteiger partial charge in [-0.1, -0.05) is 11.6 Å². The smallest absolute Gasteiger partial charge is 0.0896 e. The molecule has 0 bridgehead atoms. The van der Waals surface area contributed by atoms with Gasteiger partial charge in [-0.05, 0) is 19.1 Å². The standard InChI is InChI=1S/C9H9ClN2/c1-2-12-6-4-8-9(12)7(10)3-5-11-8/h3-6H,2H2,1H3. The van der Waals surface area contributed by atoms with Crippen LogP contribution in [0, 0.1) is 0 Å². The van der Waals surface area contributed by atoms with Crippen molar-refractivity contribution in [3.8, 4) is 0 Å². The van der Waals surface area contributed by atoms with Crippen molar-refractivity contribution in [3.05, 3.63) is 29.5 Å². The Morgan fingerprint density at radius 2 is 2.33 bits per heavy atom. The summed E-state index contributed by atoms with van der Waals surface area (Å²) in [4.78, 5) is 4.21. The molecule has 2 nitrogen and oxygen atoms in total. The van der Waals surface area contributed by atoms with Crippen LogP contribution in [0.15, 0.2) is 24.5 Å². The summed E-state index contributed by atoms with van der Waals surface area (Å²) in [6, 6.07) is 3.79. The highest BCUT2D eigenvalue weighted by Gasteiger charge is 2.03. The SMILES string of the molecule is CCn1ccc2nccc(Cl)c21. The number of aromatic nitrogens is 2. The van der Waals surface area contributed by atoms with Crippen molar-refractivity contribution in [2.75, 3.05) is 0 Å². The average Bonchev–Trinajstić information content (AvgIpc) is 2.49. The molecule has 62 valence electrons. The summed E-state index contributed by atoms with van der Waals surface area (Å²) >= 11 is 6.02. The summed E-state index contributed by atoms with van der Waals surface area (Å²) in [6.45, 7) is 3.01. The highest BCUT2D eigenvalue weighted by Crippen LogP contribution is 2.21. The lowest BCUT2D eigenvalue weighted by molar-refractivity contribution is 0.797. The van der Waals surface area contributed by atoms with Gasteiger partial charge in [-0.3, -0.25) is 4.98 Å². The Morgan fingerprint density at radius 1 is 1.50 bits per heavy atom. The lowest BCUT2D eigenvalue weighted by Crippen LogP contribution is -1.91. The van der Waals surface area contributed by atoms with E-state index in [1.54, 1.807) is 6.20 Å². The maximum atomic E-state index is 6.02. The van der Waals surface area contributed by atoms with Crippen LogP contribution in [-0.2, 0) is 6.54 Å². The normalized spacial score (nSPS) is 10.8. The molecule has 0 radical (unpaired) electrons. The van der Waals surface area contributed by atoms with Crippen LogP contribution in [0.4, 0.5) is 0 Å². The monoisotopic (exact) mass is 180 g/mol. The van der Waals surface area contributed by atoms with E-state index in [9.17, 15) is 0 Å². The average molecular weight is 181 g/mol. The van der Waals surface area contributed by atoms with Crippen molar-refractivity contribution >= 4 is 22.6 Å². The third-order valence-corrected chi connectivity index (χ3v) is 2.25. The van der Waals surface area contributed by atoms with E-state index in [4.69, 9.17) is 11.6 Å². The third-order valence-electron chi connectivity index (χ3n) is 1.94. The number of pyridine rings is 1. The predicted molar refractivity (Wildman–Crippen MR) is 50.4 cm³/mol. The van der Waals surface area contributed by atoms with Crippen molar-refractivity contribution < 1.29 is 0 Å². The molecule has 3 heteroatoms. The van der Waals surface area contributed by atoms with Gasteiger partial charge in [0.2, 0.25) is 0 Å². The van der Waals surface area contributed by atoms with Crippen molar-refractivity contribution in [1.29, 1.82) is 0 Å². The molecule has 0 unspecified atom stereocenters. The van der Waals surface area contributed by atoms with Gasteiger partial charge < -0.3 is 4.57 Å². The van der Waals surface area contributed by atoms with E-state index < -0.39 is 0 Å². The van der Waals surface area contributed by atoms with Crippen molar-refractivity contribution in [3.63, 3.8) is 0 Å². The van der Waals surface area contributed by atoms with Crippen LogP contribution in [0.25, 0.3) is 11.0 Å². The quantitative estimate of drug-likeness (QED) is 0.660. The molecular weight excluding hydrogens is 172 g/mol. The third kappa shape index (κ3) is 0.994. The fourth-order valence-electron chi connectivity index (χ4n) is 1.35. The van der Waals surface area contributed by atoms with E-state index in [1.807, 2.05) is 18.3 Å². The van der Waals surface area contributed by atoms with E-state index in [0.29, 0.717) is 0 Å². The van der Waals surface area contributed by atoms with Gasteiger partial charge in [0.15, 0.2) is 0 Å². The zero-order valence-electron chi connectivity index (χ0n) is 6.79. The van der Waals surface area contributed by atoms with Crippen LogP contribution in [0.1, 0.15) is 6.92 Å². The minimum Gasteiger partial charge on any atom is -0.345 e. The molecule has 2 heterocycles. The van der Waals surface area contributed by atoms with Crippen molar-refractivity contribution in [1.82, 2.24) is 9.55 Å². The van der Waals surface area contributed by atoms with E-state index in [2.05, 4.69) is 16.5 Å². The summed E-state index contributed by atoms with van der Waals surface area (Å²) in [6.07, 6.45) is 3.73. The fraction of sp³-hybridized carbons (Fsp3) is 0.222. The van der Waals surface area contributed by atoms with E-state index >= 15 is 0 Å². The molecule has 0 saturated carbocycles. The Hall–Kier alpha value is -1.02. The lowest BCUT2D eigenvalue weighted by atomic mass is 10.4. The molecule has 2 rings (SSSR count). The number of nitrogens with zero attached hydrogens (tertiary/aromatic N) is 2. The minimum absolute atomic E-state index is 0.770. The summed E-state index contributed by atoms with van der Waals surface area (Å²) in [5.41, 5.74) is 1.99. The number of aryl methyl sites for hydroxylation is 1. The molecule has 0 aliphatic rings. The second-order valence-electron chi connectivity index (χ2n) is 2.63. The van der Waals surface area contributed by atoms with Crippen molar-refractivity contribution in [2.45, 2.75) is 13.5 Å². The van der Waals surface area contributed by atoms with E-state index in [0.717, 1.165) is 22.6 Å². The van der Waals surface area contributed by atoms with Gasteiger partial charge >= 0.3 is 0 Å². The topological polar surface area (TPSA) is 17.8 Å². The van der Waals surface area contributed by atoms with Gasteiger partial charge in [0, 0.05) is 18.9 Å². The number of rotatable bonds is 1. The molecule has 0 spiro atoms. The highest BCUT2D eigenvalue weighted by molar-refractivity contribution is 6.34. The summed E-state index contributed by atoms with van der Waals surface area (Å²) in [5, 5.41) is 0.770. The first-order valence-corrected chi connectivity index (χ1v) is 4.30. The molecule has 0 saturated heterocycles. The molecule has 0 fully saturated rings. The summed E-state index contributed by atoms with van der Waals surface area (Å²) < 4.78 is 2.09. The second kappa shape index (κ2) is 2.79. The number of hydrogen-bond donors (Lipinski definition) is 0. The maximum Gasteiger partial charge on any atom is 0.0896 e. The Morgan fingerprint density at radius 3 is 3.08 bits per heavy atom. The predicted octanol–water partition coefficient (Wildman–Crippen LogP) is 2.71. The highest BCUT2D eigenvalue weighted by atomic mass is 35.5. The van der Waals surface area contributed by atoms with Gasteiger partial charge in [-0.2, -0.15) is 0 Å². The molecule has 2 aromatic rings. The number of fused-ring (bicyclic) bond motifs is 1. The zero-order chi connectivity index (χ0) is 8.55. The van der Waals surface area contributed by atoms with E-state index in [-0.39, 0.29) is 0 Å². The van der Waals surface area contributed by atoms with Crippen LogP contribution in [0.5, 0.6) is 0 Å². The molecule has 0 N–H and O–H groups in total. The Kier molecular flexibility index (Phi) is 1.77. The van der Waals surface area contributed by atoms with Gasteiger partial charge in [-0.25, -0.2) is 0 Å². The largest absolute Gasteiger partial charge is 0.345 e. The first-order chi connectivity index (χ1) is 5.83. The summed E-state index contributed by atoms with van der Waals surface area (Å²) in [7, 11) is 0. The Balaban J connectivity index is 2.83. The van der Waals surface area contributed by atoms with E-state index in [1.165, 1.54) is 0 Å². The maximum absolute atomic E-state index is 6.02. The van der Waals surface area contributed by atoms with Gasteiger partial charge in [0.05, 0.1) is 16.1 Å². The molecule has 2 aromatic heterocycles. The molecule has 12 heavy (non-hydrogen) atoms. The number of halogens is 1. The lowest BCUT2D eigenvalue weighted by Gasteiger charge is -2.00. The minimum atomic E-state index is 0.770. The molecule has 0 amide bonds. The second-order valence-corrected chi connectivity index (χ2v) is 3.04. The van der Waals surface area contributed by atoms with Crippen LogP contribution < -0.4 is 0 Å². The molecular formula is C9H9ClN2. The van der Waals surface area contributed by atoms with Gasteiger partial charge in [0.25, 0.3) is 0 Å². The first kappa shape index (κ1) is 7.62. The molecule has 0 atom stereocenters. The van der Waals surface area contributed by atoms with Crippen molar-refractivity contribution in [2.24, 2.45) is 0 Å². The van der Waals surface area contributed by atoms with Gasteiger partial charge in [-0.15, -0.1) is 0 Å². The first-order valence-electron chi connectivity index (χ1n) is 3.92. The van der Waals surface area contributed by atoms with Gasteiger partial charge in [0.1, 0.15) is 0 Å².